The van der Waals surface area contributed by atoms with Crippen molar-refractivity contribution in [1.82, 2.24) is 24.5 Å². The summed E-state index contributed by atoms with van der Waals surface area (Å²) in [7, 11) is 0. The van der Waals surface area contributed by atoms with Gasteiger partial charge in [0.25, 0.3) is 0 Å². The smallest absolute Gasteiger partial charge is 0.154 e. The highest BCUT2D eigenvalue weighted by molar-refractivity contribution is 5.86. The van der Waals surface area contributed by atoms with Crippen LogP contribution in [0.3, 0.4) is 0 Å². The first-order chi connectivity index (χ1) is 12.7. The van der Waals surface area contributed by atoms with Gasteiger partial charge in [0.2, 0.25) is 0 Å². The maximum Gasteiger partial charge on any atom is 0.154 e. The van der Waals surface area contributed by atoms with Crippen LogP contribution < -0.4 is 5.32 Å². The van der Waals surface area contributed by atoms with E-state index in [4.69, 9.17) is 0 Å². The van der Waals surface area contributed by atoms with Gasteiger partial charge < -0.3 is 9.88 Å². The third-order valence-electron chi connectivity index (χ3n) is 4.27. The molecule has 0 aliphatic rings. The molecule has 4 rings (SSSR count). The van der Waals surface area contributed by atoms with Gasteiger partial charge in [0.15, 0.2) is 5.82 Å². The highest BCUT2D eigenvalue weighted by Gasteiger charge is 2.15. The molecule has 0 fully saturated rings. The fourth-order valence-corrected chi connectivity index (χ4v) is 3.03. The van der Waals surface area contributed by atoms with Crippen LogP contribution in [0.2, 0.25) is 0 Å². The van der Waals surface area contributed by atoms with Crippen LogP contribution >= 0.6 is 0 Å². The summed E-state index contributed by atoms with van der Waals surface area (Å²) in [6, 6.07) is 13.9. The second-order valence-corrected chi connectivity index (χ2v) is 6.24. The van der Waals surface area contributed by atoms with E-state index in [0.717, 1.165) is 34.1 Å². The van der Waals surface area contributed by atoms with Crippen LogP contribution in [0.15, 0.2) is 61.1 Å². The molecule has 0 saturated heterocycles. The minimum Gasteiger partial charge on any atom is -0.360 e. The third-order valence-corrected chi connectivity index (χ3v) is 4.27. The van der Waals surface area contributed by atoms with Crippen molar-refractivity contribution in [3.8, 4) is 0 Å². The van der Waals surface area contributed by atoms with Crippen molar-refractivity contribution in [2.45, 2.75) is 26.4 Å². The molecule has 4 aromatic heterocycles. The van der Waals surface area contributed by atoms with E-state index in [1.54, 1.807) is 6.20 Å². The minimum absolute atomic E-state index is 0.0342. The first kappa shape index (κ1) is 16.2. The molecular weight excluding hydrogens is 324 g/mol. The highest BCUT2D eigenvalue weighted by Crippen LogP contribution is 2.25. The number of nitrogens with zero attached hydrogens (tertiary/aromatic N) is 5. The summed E-state index contributed by atoms with van der Waals surface area (Å²) in [5, 5.41) is 3.50. The molecule has 0 spiro atoms. The Hall–Kier alpha value is -3.28. The molecular formula is C20H20N6. The number of nitrogens with one attached hydrogen (secondary N) is 1. The molecule has 0 amide bonds. The molecule has 0 saturated carbocycles. The average Bonchev–Trinajstić information content (AvgIpc) is 3.06. The Morgan fingerprint density at radius 1 is 1.00 bits per heavy atom. The lowest BCUT2D eigenvalue weighted by Gasteiger charge is -2.16. The predicted octanol–water partition coefficient (Wildman–Crippen LogP) is 3.75. The van der Waals surface area contributed by atoms with Crippen LogP contribution in [0.5, 0.6) is 0 Å². The molecule has 6 nitrogen and oxygen atoms in total. The van der Waals surface area contributed by atoms with Crippen LogP contribution in [-0.4, -0.2) is 24.5 Å². The van der Waals surface area contributed by atoms with Gasteiger partial charge in [0.05, 0.1) is 29.5 Å². The summed E-state index contributed by atoms with van der Waals surface area (Å²) in [4.78, 5) is 18.1. The van der Waals surface area contributed by atoms with E-state index in [2.05, 4.69) is 36.7 Å². The second kappa shape index (κ2) is 6.92. The fraction of sp³-hybridized carbons (Fsp3) is 0.200. The Morgan fingerprint density at radius 3 is 2.54 bits per heavy atom. The number of rotatable bonds is 5. The molecule has 1 N–H and O–H groups in total. The topological polar surface area (TPSA) is 68.5 Å². The van der Waals surface area contributed by atoms with Crippen LogP contribution in [-0.2, 0) is 6.54 Å². The van der Waals surface area contributed by atoms with Crippen LogP contribution in [0, 0.1) is 6.92 Å². The second-order valence-electron chi connectivity index (χ2n) is 6.24. The monoisotopic (exact) mass is 344 g/mol. The molecule has 0 bridgehead atoms. The molecule has 4 aromatic rings. The molecule has 0 aliphatic heterocycles. The quantitative estimate of drug-likeness (QED) is 0.597. The van der Waals surface area contributed by atoms with Crippen molar-refractivity contribution in [2.24, 2.45) is 0 Å². The number of hydrogen-bond acceptors (Lipinski definition) is 5. The number of aryl methyl sites for hydroxylation is 1. The first-order valence-electron chi connectivity index (χ1n) is 8.61. The zero-order chi connectivity index (χ0) is 17.9. The molecule has 6 heteroatoms. The summed E-state index contributed by atoms with van der Waals surface area (Å²) < 4.78 is 2.13. The van der Waals surface area contributed by atoms with Gasteiger partial charge in [-0.3, -0.25) is 9.97 Å². The van der Waals surface area contributed by atoms with E-state index in [9.17, 15) is 0 Å². The number of hydrogen-bond donors (Lipinski definition) is 1. The highest BCUT2D eigenvalue weighted by atomic mass is 15.1. The zero-order valence-corrected chi connectivity index (χ0v) is 14.8. The normalized spacial score (nSPS) is 12.2. The molecule has 26 heavy (non-hydrogen) atoms. The summed E-state index contributed by atoms with van der Waals surface area (Å²) in [6.45, 7) is 4.66. The number of fused-ring (bicyclic) bond motifs is 1. The Labute approximate surface area is 152 Å². The van der Waals surface area contributed by atoms with Crippen molar-refractivity contribution >= 4 is 16.9 Å². The predicted molar refractivity (Wildman–Crippen MR) is 102 cm³/mol. The van der Waals surface area contributed by atoms with Crippen LogP contribution in [0.25, 0.3) is 11.0 Å². The maximum atomic E-state index is 4.65. The van der Waals surface area contributed by atoms with E-state index >= 15 is 0 Å². The molecule has 0 radical (unpaired) electrons. The average molecular weight is 344 g/mol. The summed E-state index contributed by atoms with van der Waals surface area (Å²) in [5.41, 5.74) is 3.86. The van der Waals surface area contributed by atoms with Gasteiger partial charge in [0.1, 0.15) is 11.3 Å². The first-order valence-corrected chi connectivity index (χ1v) is 8.61. The van der Waals surface area contributed by atoms with Crippen molar-refractivity contribution < 1.29 is 0 Å². The largest absolute Gasteiger partial charge is 0.360 e. The number of anilines is 1. The van der Waals surface area contributed by atoms with Gasteiger partial charge in [0, 0.05) is 18.6 Å². The lowest BCUT2D eigenvalue weighted by molar-refractivity contribution is 0.795. The fourth-order valence-electron chi connectivity index (χ4n) is 3.03. The Balaban J connectivity index is 1.72. The van der Waals surface area contributed by atoms with Gasteiger partial charge >= 0.3 is 0 Å². The molecule has 1 atom stereocenters. The van der Waals surface area contributed by atoms with Gasteiger partial charge in [-0.05, 0) is 44.2 Å². The summed E-state index contributed by atoms with van der Waals surface area (Å²) >= 11 is 0. The molecule has 130 valence electrons. The van der Waals surface area contributed by atoms with Crippen molar-refractivity contribution in [3.63, 3.8) is 0 Å². The number of aromatic nitrogens is 5. The van der Waals surface area contributed by atoms with E-state index < -0.39 is 0 Å². The van der Waals surface area contributed by atoms with Crippen molar-refractivity contribution in [2.75, 3.05) is 5.32 Å². The van der Waals surface area contributed by atoms with E-state index in [1.165, 1.54) is 0 Å². The maximum absolute atomic E-state index is 4.65. The van der Waals surface area contributed by atoms with E-state index in [-0.39, 0.29) is 6.04 Å². The van der Waals surface area contributed by atoms with Crippen molar-refractivity contribution in [1.29, 1.82) is 0 Å². The molecule has 4 heterocycles. The Kier molecular flexibility index (Phi) is 4.31. The third kappa shape index (κ3) is 3.26. The van der Waals surface area contributed by atoms with Gasteiger partial charge in [-0.1, -0.05) is 12.1 Å². The lowest BCUT2D eigenvalue weighted by atomic mass is 10.2. The molecule has 0 aromatic carbocycles. The Bertz CT molecular complexity index is 1010. The lowest BCUT2D eigenvalue weighted by Crippen LogP contribution is -2.12. The van der Waals surface area contributed by atoms with Crippen LogP contribution in [0.1, 0.15) is 30.2 Å². The number of pyridine rings is 2. The van der Waals surface area contributed by atoms with Gasteiger partial charge in [-0.2, -0.15) is 0 Å². The van der Waals surface area contributed by atoms with Crippen LogP contribution in [0.4, 0.5) is 5.82 Å². The van der Waals surface area contributed by atoms with E-state index in [1.807, 2.05) is 61.8 Å². The van der Waals surface area contributed by atoms with E-state index in [0.29, 0.717) is 6.54 Å². The minimum atomic E-state index is 0.0342. The summed E-state index contributed by atoms with van der Waals surface area (Å²) in [6.07, 6.45) is 5.64. The van der Waals surface area contributed by atoms with Gasteiger partial charge in [-0.15, -0.1) is 0 Å². The standard InChI is InChI=1S/C20H20N6/c1-14(17-8-4-6-11-22-17)23-20-19-18(24-15(2)25-20)9-12-26(19)13-16-7-3-5-10-21-16/h3-12,14H,13H2,1-2H3,(H,23,24,25)/t14-/m1/s1. The Morgan fingerprint density at radius 2 is 1.81 bits per heavy atom. The van der Waals surface area contributed by atoms with Gasteiger partial charge in [-0.25, -0.2) is 9.97 Å². The molecule has 0 aliphatic carbocycles. The SMILES string of the molecule is Cc1nc(N[C@H](C)c2ccccn2)c2c(ccn2Cc2ccccn2)n1. The van der Waals surface area contributed by atoms with Crippen molar-refractivity contribution in [3.05, 3.63) is 78.3 Å². The summed E-state index contributed by atoms with van der Waals surface area (Å²) in [5.74, 6) is 1.55. The molecule has 0 unspecified atom stereocenters. The zero-order valence-electron chi connectivity index (χ0n) is 14.8.